The van der Waals surface area contributed by atoms with Gasteiger partial charge in [0.25, 0.3) is 0 Å². The Bertz CT molecular complexity index is 1840. The van der Waals surface area contributed by atoms with Crippen LogP contribution in [0.4, 0.5) is 10.6 Å². The second-order valence-electron chi connectivity index (χ2n) is 12.8. The maximum atomic E-state index is 12.5. The molecule has 2 fully saturated rings. The number of aromatic nitrogens is 5. The predicted molar refractivity (Wildman–Crippen MR) is 175 cm³/mol. The summed E-state index contributed by atoms with van der Waals surface area (Å²) in [5.41, 5.74) is 4.81. The van der Waals surface area contributed by atoms with Crippen LogP contribution in [0.25, 0.3) is 27.8 Å². The molecule has 0 N–H and O–H groups in total. The van der Waals surface area contributed by atoms with E-state index in [4.69, 9.17) is 29.2 Å². The van der Waals surface area contributed by atoms with E-state index in [0.717, 1.165) is 70.9 Å². The molecule has 1 aromatic carbocycles. The molecule has 2 saturated heterocycles. The molecule has 0 aliphatic carbocycles. The monoisotopic (exact) mass is 621 g/mol. The van der Waals surface area contributed by atoms with Crippen LogP contribution < -0.4 is 9.64 Å². The predicted octanol–water partition coefficient (Wildman–Crippen LogP) is 5.87. The first-order valence-electron chi connectivity index (χ1n) is 15.9. The number of nitrogens with zero attached hydrogens (tertiary/aromatic N) is 7. The molecule has 0 unspecified atom stereocenters. The SMILES string of the molecule is CC(C)(C)OC(=O)N1CCC(c2ccc(-c3cnc(N4CCOCC4)c4nc(COc5ccc6ccccc6n5)cn34)cn2)CC1. The highest BCUT2D eigenvalue weighted by atomic mass is 16.6. The fourth-order valence-electron chi connectivity index (χ4n) is 6.05. The molecular formula is C35H39N7O4. The van der Waals surface area contributed by atoms with Gasteiger partial charge in [0, 0.05) is 67.2 Å². The van der Waals surface area contributed by atoms with Crippen LogP contribution in [0, 0.1) is 0 Å². The van der Waals surface area contributed by atoms with Crippen molar-refractivity contribution in [2.45, 2.75) is 51.7 Å². The number of anilines is 1. The fourth-order valence-corrected chi connectivity index (χ4v) is 6.05. The number of morpholine rings is 1. The molecule has 6 heterocycles. The van der Waals surface area contributed by atoms with E-state index in [9.17, 15) is 4.79 Å². The second-order valence-corrected chi connectivity index (χ2v) is 12.8. The summed E-state index contributed by atoms with van der Waals surface area (Å²) < 4.78 is 19.3. The number of amides is 1. The van der Waals surface area contributed by atoms with Crippen LogP contribution in [0.3, 0.4) is 0 Å². The number of carbonyl (C=O) groups excluding carboxylic acids is 1. The van der Waals surface area contributed by atoms with Gasteiger partial charge < -0.3 is 24.0 Å². The third-order valence-electron chi connectivity index (χ3n) is 8.42. The summed E-state index contributed by atoms with van der Waals surface area (Å²) in [6.45, 7) is 10.1. The van der Waals surface area contributed by atoms with Gasteiger partial charge in [-0.3, -0.25) is 9.38 Å². The van der Waals surface area contributed by atoms with Crippen molar-refractivity contribution in [2.24, 2.45) is 0 Å². The number of imidazole rings is 1. The number of pyridine rings is 2. The first-order valence-corrected chi connectivity index (χ1v) is 15.9. The minimum absolute atomic E-state index is 0.245. The van der Waals surface area contributed by atoms with Crippen molar-refractivity contribution in [3.63, 3.8) is 0 Å². The van der Waals surface area contributed by atoms with E-state index in [-0.39, 0.29) is 18.6 Å². The van der Waals surface area contributed by atoms with Gasteiger partial charge in [-0.2, -0.15) is 0 Å². The zero-order valence-corrected chi connectivity index (χ0v) is 26.6. The molecule has 7 rings (SSSR count). The highest BCUT2D eigenvalue weighted by molar-refractivity contribution is 5.78. The van der Waals surface area contributed by atoms with Crippen LogP contribution in [0.15, 0.2) is 67.1 Å². The molecule has 238 valence electrons. The Balaban J connectivity index is 1.11. The molecule has 1 amide bonds. The Labute approximate surface area is 268 Å². The van der Waals surface area contributed by atoms with Crippen molar-refractivity contribution in [3.8, 4) is 17.1 Å². The van der Waals surface area contributed by atoms with Crippen LogP contribution in [0.2, 0.25) is 0 Å². The second kappa shape index (κ2) is 12.6. The van der Waals surface area contributed by atoms with Gasteiger partial charge in [0.05, 0.1) is 36.3 Å². The summed E-state index contributed by atoms with van der Waals surface area (Å²) in [6, 6.07) is 16.1. The number of fused-ring (bicyclic) bond motifs is 2. The summed E-state index contributed by atoms with van der Waals surface area (Å²) in [4.78, 5) is 35.9. The van der Waals surface area contributed by atoms with Crippen molar-refractivity contribution in [2.75, 3.05) is 44.3 Å². The average Bonchev–Trinajstić information content (AvgIpc) is 3.51. The molecule has 11 heteroatoms. The number of hydrogen-bond acceptors (Lipinski definition) is 9. The van der Waals surface area contributed by atoms with Crippen LogP contribution >= 0.6 is 0 Å². The number of ether oxygens (including phenoxy) is 3. The minimum atomic E-state index is -0.497. The van der Waals surface area contributed by atoms with E-state index >= 15 is 0 Å². The van der Waals surface area contributed by atoms with Gasteiger partial charge >= 0.3 is 6.09 Å². The first-order chi connectivity index (χ1) is 22.3. The summed E-state index contributed by atoms with van der Waals surface area (Å²) >= 11 is 0. The number of rotatable bonds is 6. The van der Waals surface area contributed by atoms with Crippen molar-refractivity contribution < 1.29 is 19.0 Å². The Morgan fingerprint density at radius 3 is 2.50 bits per heavy atom. The highest BCUT2D eigenvalue weighted by Gasteiger charge is 2.28. The van der Waals surface area contributed by atoms with Crippen LogP contribution in [-0.4, -0.2) is 80.3 Å². The van der Waals surface area contributed by atoms with E-state index in [2.05, 4.69) is 26.4 Å². The number of likely N-dealkylation sites (tertiary alicyclic amines) is 1. The standard InChI is InChI=1S/C35H39N7O4/c1-35(2,3)46-34(43)41-14-12-25(13-15-41)28-10-8-26(20-36-28)30-21-37-32(40-16-18-44-19-17-40)33-38-27(22-42(30)33)23-45-31-11-9-24-6-4-5-7-29(24)39-31/h4-11,20-22,25H,12-19,23H2,1-3H3. The molecule has 0 radical (unpaired) electrons. The lowest BCUT2D eigenvalue weighted by atomic mass is 9.93. The maximum absolute atomic E-state index is 12.5. The number of piperidine rings is 1. The molecule has 0 spiro atoms. The molecule has 46 heavy (non-hydrogen) atoms. The van der Waals surface area contributed by atoms with Gasteiger partial charge in [-0.1, -0.05) is 18.2 Å². The summed E-state index contributed by atoms with van der Waals surface area (Å²) in [5.74, 6) is 1.66. The van der Waals surface area contributed by atoms with Crippen molar-refractivity contribution in [1.82, 2.24) is 29.2 Å². The normalized spacial score (nSPS) is 16.2. The lowest BCUT2D eigenvalue weighted by Gasteiger charge is -2.33. The third kappa shape index (κ3) is 6.46. The average molecular weight is 622 g/mol. The number of hydrogen-bond donors (Lipinski definition) is 0. The third-order valence-corrected chi connectivity index (χ3v) is 8.42. The lowest BCUT2D eigenvalue weighted by molar-refractivity contribution is 0.0204. The van der Waals surface area contributed by atoms with Gasteiger partial charge in [0.2, 0.25) is 5.88 Å². The molecular weight excluding hydrogens is 582 g/mol. The molecule has 0 saturated carbocycles. The minimum Gasteiger partial charge on any atom is -0.471 e. The molecule has 11 nitrogen and oxygen atoms in total. The van der Waals surface area contributed by atoms with Crippen LogP contribution in [0.1, 0.15) is 50.9 Å². The van der Waals surface area contributed by atoms with E-state index in [0.29, 0.717) is 32.2 Å². The highest BCUT2D eigenvalue weighted by Crippen LogP contribution is 2.31. The van der Waals surface area contributed by atoms with Crippen molar-refractivity contribution >= 4 is 28.5 Å². The molecule has 2 aliphatic heterocycles. The van der Waals surface area contributed by atoms with E-state index in [1.54, 1.807) is 4.90 Å². The first kappa shape index (κ1) is 29.9. The van der Waals surface area contributed by atoms with Crippen LogP contribution in [0.5, 0.6) is 5.88 Å². The largest absolute Gasteiger partial charge is 0.471 e. The topological polar surface area (TPSA) is 107 Å². The Kier molecular flexibility index (Phi) is 8.16. The van der Waals surface area contributed by atoms with E-state index in [1.807, 2.05) is 75.8 Å². The number of para-hydroxylation sites is 1. The Morgan fingerprint density at radius 1 is 0.935 bits per heavy atom. The molecule has 5 aromatic rings. The number of benzene rings is 1. The zero-order chi connectivity index (χ0) is 31.7. The zero-order valence-electron chi connectivity index (χ0n) is 26.6. The van der Waals surface area contributed by atoms with Gasteiger partial charge in [-0.05, 0) is 57.9 Å². The molecule has 4 aromatic heterocycles. The van der Waals surface area contributed by atoms with Crippen molar-refractivity contribution in [1.29, 1.82) is 0 Å². The summed E-state index contributed by atoms with van der Waals surface area (Å²) in [5, 5.41) is 1.07. The Morgan fingerprint density at radius 2 is 1.74 bits per heavy atom. The smallest absolute Gasteiger partial charge is 0.410 e. The van der Waals surface area contributed by atoms with E-state index < -0.39 is 5.60 Å². The van der Waals surface area contributed by atoms with Gasteiger partial charge in [-0.15, -0.1) is 0 Å². The summed E-state index contributed by atoms with van der Waals surface area (Å²) in [7, 11) is 0. The van der Waals surface area contributed by atoms with Crippen molar-refractivity contribution in [3.05, 3.63) is 78.5 Å². The van der Waals surface area contributed by atoms with Gasteiger partial charge in [-0.25, -0.2) is 19.7 Å². The maximum Gasteiger partial charge on any atom is 0.410 e. The fraction of sp³-hybridized carbons (Fsp3) is 0.400. The van der Waals surface area contributed by atoms with Crippen LogP contribution in [-0.2, 0) is 16.1 Å². The lowest BCUT2D eigenvalue weighted by Crippen LogP contribution is -2.41. The molecule has 2 aliphatic rings. The van der Waals surface area contributed by atoms with Gasteiger partial charge in [0.1, 0.15) is 12.2 Å². The Hall–Kier alpha value is -4.77. The quantitative estimate of drug-likeness (QED) is 0.230. The van der Waals surface area contributed by atoms with Gasteiger partial charge in [0.15, 0.2) is 11.5 Å². The molecule has 0 bridgehead atoms. The number of carbonyl (C=O) groups is 1. The summed E-state index contributed by atoms with van der Waals surface area (Å²) in [6.07, 6.45) is 7.27. The molecule has 0 atom stereocenters. The van der Waals surface area contributed by atoms with E-state index in [1.165, 1.54) is 0 Å².